The fourth-order valence-corrected chi connectivity index (χ4v) is 2.39. The summed E-state index contributed by atoms with van der Waals surface area (Å²) in [6.45, 7) is 4.80. The zero-order chi connectivity index (χ0) is 11.8. The van der Waals surface area contributed by atoms with Gasteiger partial charge in [-0.3, -0.25) is 4.79 Å². The van der Waals surface area contributed by atoms with Crippen LogP contribution in [0.25, 0.3) is 0 Å². The quantitative estimate of drug-likeness (QED) is 0.791. The minimum absolute atomic E-state index is 0.0111. The van der Waals surface area contributed by atoms with Gasteiger partial charge in [0.05, 0.1) is 11.3 Å². The molecule has 0 radical (unpaired) electrons. The molecule has 1 saturated heterocycles. The van der Waals surface area contributed by atoms with Gasteiger partial charge in [-0.25, -0.2) is 0 Å². The highest BCUT2D eigenvalue weighted by Gasteiger charge is 2.31. The van der Waals surface area contributed by atoms with Crippen LogP contribution in [0.15, 0.2) is 0 Å². The van der Waals surface area contributed by atoms with Crippen molar-refractivity contribution < 1.29 is 9.90 Å². The maximum Gasteiger partial charge on any atom is 0.267 e. The van der Waals surface area contributed by atoms with Crippen LogP contribution in [0.1, 0.15) is 35.1 Å². The van der Waals surface area contributed by atoms with E-state index in [2.05, 4.69) is 9.59 Å². The molecule has 0 atom stereocenters. The van der Waals surface area contributed by atoms with E-state index in [1.54, 1.807) is 11.8 Å². The van der Waals surface area contributed by atoms with E-state index in [4.69, 9.17) is 0 Å². The van der Waals surface area contributed by atoms with E-state index in [0.717, 1.165) is 11.5 Å². The predicted molar refractivity (Wildman–Crippen MR) is 60.4 cm³/mol. The fourth-order valence-electron chi connectivity index (χ4n) is 1.76. The number of likely N-dealkylation sites (tertiary alicyclic amines) is 1. The molecule has 0 spiro atoms. The number of aromatic nitrogens is 2. The van der Waals surface area contributed by atoms with E-state index in [9.17, 15) is 9.90 Å². The van der Waals surface area contributed by atoms with Crippen molar-refractivity contribution in [2.45, 2.75) is 32.3 Å². The number of carbonyl (C=O) groups excluding carboxylic acids is 1. The number of rotatable bonds is 1. The lowest BCUT2D eigenvalue weighted by Crippen LogP contribution is -2.45. The first-order valence-corrected chi connectivity index (χ1v) is 6.07. The van der Waals surface area contributed by atoms with E-state index < -0.39 is 5.60 Å². The molecule has 1 fully saturated rings. The molecule has 5 nitrogen and oxygen atoms in total. The number of carbonyl (C=O) groups is 1. The fraction of sp³-hybridized carbons (Fsp3) is 0.700. The normalized spacial score (nSPS) is 19.8. The Bertz CT molecular complexity index is 393. The summed E-state index contributed by atoms with van der Waals surface area (Å²) >= 11 is 1.14. The summed E-state index contributed by atoms with van der Waals surface area (Å²) in [5.41, 5.74) is 0.0601. The van der Waals surface area contributed by atoms with Crippen LogP contribution < -0.4 is 0 Å². The molecule has 0 saturated carbocycles. The van der Waals surface area contributed by atoms with Crippen LogP contribution in [0.3, 0.4) is 0 Å². The molecular formula is C10H15N3O2S. The Balaban J connectivity index is 2.05. The van der Waals surface area contributed by atoms with Gasteiger partial charge in [0.25, 0.3) is 5.91 Å². The first kappa shape index (κ1) is 11.5. The van der Waals surface area contributed by atoms with Crippen molar-refractivity contribution in [1.82, 2.24) is 14.5 Å². The molecule has 1 aromatic heterocycles. The second-order valence-corrected chi connectivity index (χ2v) is 5.23. The van der Waals surface area contributed by atoms with Gasteiger partial charge in [-0.15, -0.1) is 5.10 Å². The van der Waals surface area contributed by atoms with Crippen LogP contribution in [-0.4, -0.2) is 44.2 Å². The topological polar surface area (TPSA) is 66.3 Å². The van der Waals surface area contributed by atoms with Crippen molar-refractivity contribution in [2.75, 3.05) is 13.1 Å². The summed E-state index contributed by atoms with van der Waals surface area (Å²) < 4.78 is 3.76. The number of aliphatic hydroxyl groups is 1. The maximum absolute atomic E-state index is 12.1. The summed E-state index contributed by atoms with van der Waals surface area (Å²) in [4.78, 5) is 14.4. The Morgan fingerprint density at radius 1 is 1.50 bits per heavy atom. The number of hydrogen-bond acceptors (Lipinski definition) is 5. The molecule has 1 N–H and O–H groups in total. The molecule has 2 rings (SSSR count). The Labute approximate surface area is 98.2 Å². The second kappa shape index (κ2) is 4.10. The lowest BCUT2D eigenvalue weighted by Gasteiger charge is -2.35. The van der Waals surface area contributed by atoms with Gasteiger partial charge in [-0.2, -0.15) is 0 Å². The SMILES string of the molecule is Cc1nnsc1C(=O)N1CCC(C)(O)CC1. The van der Waals surface area contributed by atoms with E-state index in [1.807, 2.05) is 6.92 Å². The largest absolute Gasteiger partial charge is 0.390 e. The zero-order valence-corrected chi connectivity index (χ0v) is 10.3. The lowest BCUT2D eigenvalue weighted by atomic mass is 9.94. The first-order valence-electron chi connectivity index (χ1n) is 5.30. The molecule has 16 heavy (non-hydrogen) atoms. The number of aryl methyl sites for hydroxylation is 1. The summed E-state index contributed by atoms with van der Waals surface area (Å²) in [5.74, 6) is -0.0111. The first-order chi connectivity index (χ1) is 7.49. The van der Waals surface area contributed by atoms with E-state index in [-0.39, 0.29) is 5.91 Å². The maximum atomic E-state index is 12.1. The van der Waals surface area contributed by atoms with Crippen LogP contribution in [0.5, 0.6) is 0 Å². The molecule has 0 bridgehead atoms. The Morgan fingerprint density at radius 2 is 2.12 bits per heavy atom. The second-order valence-electron chi connectivity index (χ2n) is 4.48. The standard InChI is InChI=1S/C10H15N3O2S/c1-7-8(16-12-11-7)9(14)13-5-3-10(2,15)4-6-13/h15H,3-6H2,1-2H3. The predicted octanol–water partition coefficient (Wildman–Crippen LogP) is 0.834. The van der Waals surface area contributed by atoms with Gasteiger partial charge in [0.1, 0.15) is 4.88 Å². The van der Waals surface area contributed by atoms with Crippen molar-refractivity contribution in [1.29, 1.82) is 0 Å². The van der Waals surface area contributed by atoms with Gasteiger partial charge in [-0.05, 0) is 38.2 Å². The third kappa shape index (κ3) is 2.22. The van der Waals surface area contributed by atoms with Gasteiger partial charge < -0.3 is 10.0 Å². The van der Waals surface area contributed by atoms with Crippen molar-refractivity contribution in [2.24, 2.45) is 0 Å². The minimum Gasteiger partial charge on any atom is -0.390 e. The molecule has 1 aliphatic rings. The summed E-state index contributed by atoms with van der Waals surface area (Å²) in [5, 5.41) is 13.6. The van der Waals surface area contributed by atoms with Gasteiger partial charge in [0.15, 0.2) is 0 Å². The molecule has 0 aromatic carbocycles. The average Bonchev–Trinajstić information content (AvgIpc) is 2.63. The number of nitrogens with zero attached hydrogens (tertiary/aromatic N) is 3. The van der Waals surface area contributed by atoms with E-state index in [1.165, 1.54) is 0 Å². The molecule has 0 aliphatic carbocycles. The van der Waals surface area contributed by atoms with Crippen molar-refractivity contribution >= 4 is 17.4 Å². The molecule has 2 heterocycles. The molecular weight excluding hydrogens is 226 g/mol. The van der Waals surface area contributed by atoms with Gasteiger partial charge in [-0.1, -0.05) is 4.49 Å². The highest BCUT2D eigenvalue weighted by atomic mass is 32.1. The Hall–Kier alpha value is -1.01. The monoisotopic (exact) mass is 241 g/mol. The zero-order valence-electron chi connectivity index (χ0n) is 9.43. The van der Waals surface area contributed by atoms with Gasteiger partial charge in [0.2, 0.25) is 0 Å². The van der Waals surface area contributed by atoms with Crippen molar-refractivity contribution in [3.8, 4) is 0 Å². The summed E-state index contributed by atoms with van der Waals surface area (Å²) in [7, 11) is 0. The smallest absolute Gasteiger partial charge is 0.267 e. The Kier molecular flexibility index (Phi) is 2.94. The van der Waals surface area contributed by atoms with Crippen molar-refractivity contribution in [3.05, 3.63) is 10.6 Å². The van der Waals surface area contributed by atoms with Crippen LogP contribution in [0.4, 0.5) is 0 Å². The molecule has 1 amide bonds. The van der Waals surface area contributed by atoms with Crippen LogP contribution >= 0.6 is 11.5 Å². The lowest BCUT2D eigenvalue weighted by molar-refractivity contribution is -0.00190. The molecule has 1 aliphatic heterocycles. The van der Waals surface area contributed by atoms with Crippen LogP contribution in [0, 0.1) is 6.92 Å². The molecule has 6 heteroatoms. The molecule has 0 unspecified atom stereocenters. The minimum atomic E-state index is -0.627. The molecule has 1 aromatic rings. The summed E-state index contributed by atoms with van der Waals surface area (Å²) in [6.07, 6.45) is 1.26. The number of piperidine rings is 1. The summed E-state index contributed by atoms with van der Waals surface area (Å²) in [6, 6.07) is 0. The highest BCUT2D eigenvalue weighted by molar-refractivity contribution is 7.07. The van der Waals surface area contributed by atoms with E-state index >= 15 is 0 Å². The molecule has 88 valence electrons. The highest BCUT2D eigenvalue weighted by Crippen LogP contribution is 2.23. The number of amides is 1. The average molecular weight is 241 g/mol. The van der Waals surface area contributed by atoms with E-state index in [0.29, 0.717) is 36.5 Å². The van der Waals surface area contributed by atoms with Crippen LogP contribution in [0.2, 0.25) is 0 Å². The van der Waals surface area contributed by atoms with Crippen LogP contribution in [-0.2, 0) is 0 Å². The van der Waals surface area contributed by atoms with Crippen molar-refractivity contribution in [3.63, 3.8) is 0 Å². The Morgan fingerprint density at radius 3 is 2.62 bits per heavy atom. The van der Waals surface area contributed by atoms with Gasteiger partial charge in [0, 0.05) is 13.1 Å². The third-order valence-corrected chi connectivity index (χ3v) is 3.79. The van der Waals surface area contributed by atoms with Gasteiger partial charge >= 0.3 is 0 Å². The third-order valence-electron chi connectivity index (χ3n) is 2.97. The number of hydrogen-bond donors (Lipinski definition) is 1.